The first-order valence-electron chi connectivity index (χ1n) is 7.93. The van der Waals surface area contributed by atoms with Crippen molar-refractivity contribution in [3.05, 3.63) is 42.5 Å². The number of hydrogen-bond acceptors (Lipinski definition) is 3. The lowest BCUT2D eigenvalue weighted by atomic mass is 10.2. The van der Waals surface area contributed by atoms with Gasteiger partial charge in [-0.2, -0.15) is 0 Å². The molecule has 1 saturated heterocycles. The largest absolute Gasteiger partial charge is 0.399 e. The van der Waals surface area contributed by atoms with Crippen LogP contribution in [0.4, 0.5) is 11.4 Å². The van der Waals surface area contributed by atoms with Crippen LogP contribution in [0.5, 0.6) is 0 Å². The number of anilines is 2. The third-order valence-electron chi connectivity index (χ3n) is 4.32. The smallest absolute Gasteiger partial charge is 0.262 e. The zero-order chi connectivity index (χ0) is 16.4. The number of nitrogen functional groups attached to an aromatic ring is 1. The van der Waals surface area contributed by atoms with Gasteiger partial charge >= 0.3 is 0 Å². The van der Waals surface area contributed by atoms with Gasteiger partial charge in [0.15, 0.2) is 6.54 Å². The van der Waals surface area contributed by atoms with Crippen molar-refractivity contribution in [3.8, 4) is 0 Å². The van der Waals surface area contributed by atoms with E-state index in [0.717, 1.165) is 30.8 Å². The van der Waals surface area contributed by atoms with Crippen LogP contribution in [-0.2, 0) is 18.4 Å². The van der Waals surface area contributed by atoms with Crippen molar-refractivity contribution in [2.24, 2.45) is 7.05 Å². The van der Waals surface area contributed by atoms with Crippen LogP contribution in [0.25, 0.3) is 0 Å². The van der Waals surface area contributed by atoms with Crippen LogP contribution < -0.4 is 20.5 Å². The molecule has 3 N–H and O–H groups in total. The summed E-state index contributed by atoms with van der Waals surface area (Å²) in [5, 5.41) is 3.13. The Morgan fingerprint density at radius 1 is 1.48 bits per heavy atom. The predicted octanol–water partition coefficient (Wildman–Crippen LogP) is 0.598. The second-order valence-corrected chi connectivity index (χ2v) is 6.29. The summed E-state index contributed by atoms with van der Waals surface area (Å²) < 4.78 is 3.80. The van der Waals surface area contributed by atoms with Gasteiger partial charge in [-0.25, -0.2) is 9.13 Å². The molecule has 1 unspecified atom stereocenters. The summed E-state index contributed by atoms with van der Waals surface area (Å²) in [7, 11) is 1.94. The second-order valence-electron chi connectivity index (χ2n) is 6.29. The number of aromatic nitrogens is 2. The van der Waals surface area contributed by atoms with Gasteiger partial charge in [0.05, 0.1) is 7.05 Å². The predicted molar refractivity (Wildman–Crippen MR) is 90.0 cm³/mol. The van der Waals surface area contributed by atoms with Gasteiger partial charge in [-0.3, -0.25) is 4.79 Å². The lowest BCUT2D eigenvalue weighted by Crippen LogP contribution is -2.39. The second kappa shape index (κ2) is 6.32. The van der Waals surface area contributed by atoms with Crippen molar-refractivity contribution in [2.75, 3.05) is 23.7 Å². The molecule has 1 fully saturated rings. The molecule has 23 heavy (non-hydrogen) atoms. The van der Waals surface area contributed by atoms with Gasteiger partial charge < -0.3 is 16.0 Å². The molecule has 0 radical (unpaired) electrons. The Labute approximate surface area is 136 Å². The van der Waals surface area contributed by atoms with E-state index in [2.05, 4.69) is 16.3 Å². The van der Waals surface area contributed by atoms with Gasteiger partial charge in [-0.15, -0.1) is 0 Å². The summed E-state index contributed by atoms with van der Waals surface area (Å²) in [4.78, 5) is 14.4. The average Bonchev–Trinajstić information content (AvgIpc) is 3.11. The molecule has 0 aliphatic carbocycles. The van der Waals surface area contributed by atoms with E-state index < -0.39 is 0 Å². The minimum Gasteiger partial charge on any atom is -0.399 e. The quantitative estimate of drug-likeness (QED) is 0.641. The van der Waals surface area contributed by atoms with Gasteiger partial charge in [0.25, 0.3) is 5.91 Å². The monoisotopic (exact) mass is 314 g/mol. The maximum Gasteiger partial charge on any atom is 0.262 e. The van der Waals surface area contributed by atoms with Crippen molar-refractivity contribution >= 4 is 17.3 Å². The maximum atomic E-state index is 12.1. The molecular weight excluding hydrogens is 290 g/mol. The van der Waals surface area contributed by atoms with E-state index in [4.69, 9.17) is 5.73 Å². The Bertz CT molecular complexity index is 709. The molecule has 1 atom stereocenters. The molecule has 0 bridgehead atoms. The number of hydrogen-bond donors (Lipinski definition) is 2. The highest BCUT2D eigenvalue weighted by molar-refractivity contribution is 5.76. The van der Waals surface area contributed by atoms with Crippen LogP contribution in [0.15, 0.2) is 36.9 Å². The maximum absolute atomic E-state index is 12.1. The highest BCUT2D eigenvalue weighted by Gasteiger charge is 2.24. The molecule has 1 aliphatic rings. The van der Waals surface area contributed by atoms with Gasteiger partial charge in [0.1, 0.15) is 12.4 Å². The highest BCUT2D eigenvalue weighted by Crippen LogP contribution is 2.24. The van der Waals surface area contributed by atoms with Crippen molar-refractivity contribution in [3.63, 3.8) is 0 Å². The van der Waals surface area contributed by atoms with Crippen molar-refractivity contribution < 1.29 is 9.36 Å². The molecule has 0 saturated carbocycles. The summed E-state index contributed by atoms with van der Waals surface area (Å²) in [6, 6.07) is 6.30. The lowest BCUT2D eigenvalue weighted by Gasteiger charge is -2.20. The van der Waals surface area contributed by atoms with Gasteiger partial charge in [0, 0.05) is 30.5 Å². The van der Waals surface area contributed by atoms with E-state index in [0.29, 0.717) is 6.54 Å². The number of carbonyl (C=O) groups excluding carboxylic acids is 1. The number of carbonyl (C=O) groups is 1. The van der Waals surface area contributed by atoms with Crippen LogP contribution in [0.3, 0.4) is 0 Å². The van der Waals surface area contributed by atoms with Crippen LogP contribution in [0.1, 0.15) is 12.0 Å². The molecule has 6 nitrogen and oxygen atoms in total. The number of imidazole rings is 1. The molecule has 1 aromatic carbocycles. The van der Waals surface area contributed by atoms with Crippen LogP contribution in [-0.4, -0.2) is 29.6 Å². The molecule has 122 valence electrons. The Kier molecular flexibility index (Phi) is 4.23. The average molecular weight is 314 g/mol. The Morgan fingerprint density at radius 3 is 3.00 bits per heavy atom. The topological polar surface area (TPSA) is 67.2 Å². The third-order valence-corrected chi connectivity index (χ3v) is 4.32. The number of amides is 1. The fourth-order valence-electron chi connectivity index (χ4n) is 3.00. The Morgan fingerprint density at radius 2 is 2.30 bits per heavy atom. The Hall–Kier alpha value is -2.50. The molecule has 2 aromatic rings. The molecule has 1 aliphatic heterocycles. The minimum absolute atomic E-state index is 0.0570. The molecule has 2 heterocycles. The summed E-state index contributed by atoms with van der Waals surface area (Å²) in [5.74, 6) is 0.0570. The van der Waals surface area contributed by atoms with Gasteiger partial charge in [-0.1, -0.05) is 0 Å². The summed E-state index contributed by atoms with van der Waals surface area (Å²) in [5.41, 5.74) is 8.96. The number of nitrogens with zero attached hydrogens (tertiary/aromatic N) is 3. The van der Waals surface area contributed by atoms with Crippen molar-refractivity contribution in [1.29, 1.82) is 0 Å². The number of rotatable bonds is 4. The number of aryl methyl sites for hydroxylation is 2. The zero-order valence-corrected chi connectivity index (χ0v) is 13.7. The van der Waals surface area contributed by atoms with Crippen LogP contribution >= 0.6 is 0 Å². The molecular formula is C17H24N5O+. The zero-order valence-electron chi connectivity index (χ0n) is 13.7. The summed E-state index contributed by atoms with van der Waals surface area (Å²) in [6.07, 6.45) is 6.69. The van der Waals surface area contributed by atoms with Crippen LogP contribution in [0.2, 0.25) is 0 Å². The molecule has 3 rings (SSSR count). The molecule has 1 amide bonds. The van der Waals surface area contributed by atoms with E-state index in [1.165, 1.54) is 5.69 Å². The number of nitrogens with two attached hydrogens (primary N) is 1. The fraction of sp³-hybridized carbons (Fsp3) is 0.412. The van der Waals surface area contributed by atoms with E-state index in [1.807, 2.05) is 54.0 Å². The van der Waals surface area contributed by atoms with E-state index in [9.17, 15) is 4.79 Å². The Balaban J connectivity index is 1.55. The van der Waals surface area contributed by atoms with E-state index >= 15 is 0 Å². The summed E-state index contributed by atoms with van der Waals surface area (Å²) in [6.45, 7) is 4.17. The first-order chi connectivity index (χ1) is 11.0. The van der Waals surface area contributed by atoms with E-state index in [-0.39, 0.29) is 11.9 Å². The van der Waals surface area contributed by atoms with Gasteiger partial charge in [-0.05, 0) is 37.1 Å². The summed E-state index contributed by atoms with van der Waals surface area (Å²) >= 11 is 0. The van der Waals surface area contributed by atoms with Crippen molar-refractivity contribution in [1.82, 2.24) is 9.88 Å². The fourth-order valence-corrected chi connectivity index (χ4v) is 3.00. The number of benzene rings is 1. The normalized spacial score (nSPS) is 17.5. The molecule has 6 heteroatoms. The van der Waals surface area contributed by atoms with Crippen LogP contribution in [0, 0.1) is 6.92 Å². The highest BCUT2D eigenvalue weighted by atomic mass is 16.2. The van der Waals surface area contributed by atoms with E-state index in [1.54, 1.807) is 0 Å². The standard InChI is InChI=1S/C17H23N5O/c1-13-9-15(3-4-16(13)18)22-6-5-14(10-22)19-17(23)11-21-8-7-20(2)12-21/h3-4,7-9,12,14H,5-6,10-11,18H2,1-2H3/p+1. The lowest BCUT2D eigenvalue weighted by molar-refractivity contribution is -0.671. The molecule has 0 spiro atoms. The van der Waals surface area contributed by atoms with Crippen molar-refractivity contribution in [2.45, 2.75) is 25.9 Å². The molecule has 1 aromatic heterocycles. The third kappa shape index (κ3) is 3.64. The first-order valence-corrected chi connectivity index (χ1v) is 7.93. The SMILES string of the molecule is Cc1cc(N2CCC(NC(=O)Cn3cc[n+](C)c3)C2)ccc1N. The van der Waals surface area contributed by atoms with Gasteiger partial charge in [0.2, 0.25) is 6.33 Å². The number of nitrogens with one attached hydrogen (secondary N) is 1. The first kappa shape index (κ1) is 15.4. The minimum atomic E-state index is 0.0570.